The average Bonchev–Trinajstić information content (AvgIpc) is 2.41. The molecule has 0 saturated heterocycles. The van der Waals surface area contributed by atoms with Crippen LogP contribution in [0.25, 0.3) is 11.3 Å². The molecule has 2 aromatic rings. The molecule has 0 radical (unpaired) electrons. The van der Waals surface area contributed by atoms with E-state index < -0.39 is 5.97 Å². The largest absolute Gasteiger partial charge is 0.465 e. The molecule has 98 valence electrons. The Kier molecular flexibility index (Phi) is 4.30. The molecule has 2 rings (SSSR count). The van der Waals surface area contributed by atoms with Gasteiger partial charge in [0.2, 0.25) is 0 Å². The third-order valence-corrected chi connectivity index (χ3v) is 3.40. The van der Waals surface area contributed by atoms with Crippen molar-refractivity contribution in [3.8, 4) is 11.3 Å². The maximum Gasteiger partial charge on any atom is 0.340 e. The van der Waals surface area contributed by atoms with Crippen molar-refractivity contribution in [2.45, 2.75) is 0 Å². The van der Waals surface area contributed by atoms with Gasteiger partial charge in [-0.2, -0.15) is 0 Å². The summed E-state index contributed by atoms with van der Waals surface area (Å²) in [5, 5.41) is 1.16. The molecule has 3 nitrogen and oxygen atoms in total. The molecule has 0 spiro atoms. The fourth-order valence-corrected chi connectivity index (χ4v) is 2.03. The highest BCUT2D eigenvalue weighted by atomic mass is 35.5. The molecule has 0 saturated carbocycles. The van der Waals surface area contributed by atoms with E-state index in [2.05, 4.69) is 4.98 Å². The van der Waals surface area contributed by atoms with Gasteiger partial charge in [-0.3, -0.25) is 4.98 Å². The monoisotopic (exact) mass is 315 g/mol. The van der Waals surface area contributed by atoms with Gasteiger partial charge in [0.15, 0.2) is 0 Å². The molecule has 0 atom stereocenters. The summed E-state index contributed by atoms with van der Waals surface area (Å²) in [6.07, 6.45) is 1.45. The number of hydrogen-bond donors (Lipinski definition) is 0. The molecule has 0 aliphatic carbocycles. The second-order valence-electron chi connectivity index (χ2n) is 3.67. The Labute approximate surface area is 125 Å². The number of hydrogen-bond acceptors (Lipinski definition) is 3. The lowest BCUT2D eigenvalue weighted by Gasteiger charge is -2.08. The number of rotatable bonds is 2. The zero-order valence-electron chi connectivity index (χ0n) is 9.78. The molecule has 19 heavy (non-hydrogen) atoms. The molecule has 0 unspecified atom stereocenters. The predicted molar refractivity (Wildman–Crippen MR) is 76.0 cm³/mol. The first kappa shape index (κ1) is 14.1. The molecule has 1 aromatic heterocycles. The van der Waals surface area contributed by atoms with Crippen LogP contribution in [0.2, 0.25) is 15.1 Å². The molecule has 0 amide bonds. The van der Waals surface area contributed by atoms with Gasteiger partial charge in [-0.1, -0.05) is 40.9 Å². The highest BCUT2D eigenvalue weighted by molar-refractivity contribution is 6.42. The number of ether oxygens (including phenoxy) is 1. The normalized spacial score (nSPS) is 10.3. The van der Waals surface area contributed by atoms with Gasteiger partial charge in [-0.25, -0.2) is 4.79 Å². The van der Waals surface area contributed by atoms with Gasteiger partial charge in [0.05, 0.1) is 33.4 Å². The van der Waals surface area contributed by atoms with Crippen molar-refractivity contribution in [1.29, 1.82) is 0 Å². The molecule has 0 aliphatic heterocycles. The van der Waals surface area contributed by atoms with Gasteiger partial charge in [0.25, 0.3) is 0 Å². The highest BCUT2D eigenvalue weighted by Gasteiger charge is 2.16. The lowest BCUT2D eigenvalue weighted by Crippen LogP contribution is -2.05. The molecule has 6 heteroatoms. The summed E-state index contributed by atoms with van der Waals surface area (Å²) in [6.45, 7) is 0. The number of nitrogens with zero attached hydrogens (tertiary/aromatic N) is 1. The van der Waals surface area contributed by atoms with Crippen molar-refractivity contribution in [2.75, 3.05) is 7.11 Å². The van der Waals surface area contributed by atoms with Crippen LogP contribution >= 0.6 is 34.8 Å². The van der Waals surface area contributed by atoms with Crippen LogP contribution in [0.1, 0.15) is 10.4 Å². The summed E-state index contributed by atoms with van der Waals surface area (Å²) in [7, 11) is 1.29. The average molecular weight is 317 g/mol. The number of carbonyl (C=O) groups excluding carboxylic acids is 1. The van der Waals surface area contributed by atoms with Crippen molar-refractivity contribution in [3.05, 3.63) is 51.1 Å². The standard InChI is InChI=1S/C13H8Cl3NO2/c1-19-13(18)9-5-8(14)6-17-12(9)7-2-3-10(15)11(16)4-7/h2-6H,1H3. The second-order valence-corrected chi connectivity index (χ2v) is 4.92. The summed E-state index contributed by atoms with van der Waals surface area (Å²) in [6, 6.07) is 6.48. The SMILES string of the molecule is COC(=O)c1cc(Cl)cnc1-c1ccc(Cl)c(Cl)c1. The first-order valence-corrected chi connectivity index (χ1v) is 6.35. The lowest BCUT2D eigenvalue weighted by molar-refractivity contribution is 0.0601. The van der Waals surface area contributed by atoms with Crippen molar-refractivity contribution >= 4 is 40.8 Å². The van der Waals surface area contributed by atoms with E-state index in [0.29, 0.717) is 26.3 Å². The Morgan fingerprint density at radius 1 is 1.16 bits per heavy atom. The Morgan fingerprint density at radius 2 is 1.89 bits per heavy atom. The number of aromatic nitrogens is 1. The number of halogens is 3. The topological polar surface area (TPSA) is 39.2 Å². The summed E-state index contributed by atoms with van der Waals surface area (Å²) in [5.74, 6) is -0.518. The number of carbonyl (C=O) groups is 1. The van der Waals surface area contributed by atoms with Crippen molar-refractivity contribution in [2.24, 2.45) is 0 Å². The van der Waals surface area contributed by atoms with Crippen LogP contribution in [0.4, 0.5) is 0 Å². The fraction of sp³-hybridized carbons (Fsp3) is 0.0769. The Morgan fingerprint density at radius 3 is 2.53 bits per heavy atom. The van der Waals surface area contributed by atoms with Crippen molar-refractivity contribution < 1.29 is 9.53 Å². The zero-order chi connectivity index (χ0) is 14.0. The lowest BCUT2D eigenvalue weighted by atomic mass is 10.1. The molecule has 0 aliphatic rings. The van der Waals surface area contributed by atoms with E-state index in [4.69, 9.17) is 39.5 Å². The van der Waals surface area contributed by atoms with Gasteiger partial charge in [-0.15, -0.1) is 0 Å². The first-order valence-electron chi connectivity index (χ1n) is 5.22. The number of benzene rings is 1. The molecule has 0 bridgehead atoms. The minimum Gasteiger partial charge on any atom is -0.465 e. The van der Waals surface area contributed by atoms with E-state index in [-0.39, 0.29) is 5.56 Å². The van der Waals surface area contributed by atoms with Crippen LogP contribution < -0.4 is 0 Å². The predicted octanol–water partition coefficient (Wildman–Crippen LogP) is 4.50. The summed E-state index contributed by atoms with van der Waals surface area (Å²) in [4.78, 5) is 15.9. The van der Waals surface area contributed by atoms with Crippen molar-refractivity contribution in [1.82, 2.24) is 4.98 Å². The maximum absolute atomic E-state index is 11.7. The molecule has 1 aromatic carbocycles. The van der Waals surface area contributed by atoms with Crippen molar-refractivity contribution in [3.63, 3.8) is 0 Å². The summed E-state index contributed by atoms with van der Waals surface area (Å²) < 4.78 is 4.71. The van der Waals surface area contributed by atoms with Crippen LogP contribution in [-0.4, -0.2) is 18.1 Å². The van der Waals surface area contributed by atoms with Gasteiger partial charge >= 0.3 is 5.97 Å². The van der Waals surface area contributed by atoms with Gasteiger partial charge in [-0.05, 0) is 18.2 Å². The maximum atomic E-state index is 11.7. The summed E-state index contributed by atoms with van der Waals surface area (Å²) in [5.41, 5.74) is 1.37. The van der Waals surface area contributed by atoms with Crippen LogP contribution in [0.15, 0.2) is 30.5 Å². The minimum absolute atomic E-state index is 0.272. The Balaban J connectivity index is 2.61. The van der Waals surface area contributed by atoms with E-state index >= 15 is 0 Å². The van der Waals surface area contributed by atoms with Gasteiger partial charge < -0.3 is 4.74 Å². The zero-order valence-corrected chi connectivity index (χ0v) is 12.1. The minimum atomic E-state index is -0.518. The van der Waals surface area contributed by atoms with E-state index in [9.17, 15) is 4.79 Å². The highest BCUT2D eigenvalue weighted by Crippen LogP contribution is 2.30. The quantitative estimate of drug-likeness (QED) is 0.766. The van der Waals surface area contributed by atoms with Gasteiger partial charge in [0.1, 0.15) is 0 Å². The van der Waals surface area contributed by atoms with Crippen LogP contribution in [0, 0.1) is 0 Å². The van der Waals surface area contributed by atoms with E-state index in [0.717, 1.165) is 0 Å². The third kappa shape index (κ3) is 3.00. The Bertz CT molecular complexity index is 644. The number of pyridine rings is 1. The Hall–Kier alpha value is -1.29. The van der Waals surface area contributed by atoms with Gasteiger partial charge in [0, 0.05) is 11.8 Å². The number of methoxy groups -OCH3 is 1. The fourth-order valence-electron chi connectivity index (χ4n) is 1.58. The van der Waals surface area contributed by atoms with Crippen LogP contribution in [-0.2, 0) is 4.74 Å². The van der Waals surface area contributed by atoms with E-state index in [1.54, 1.807) is 18.2 Å². The molecule has 1 heterocycles. The third-order valence-electron chi connectivity index (χ3n) is 2.45. The van der Waals surface area contributed by atoms with Crippen LogP contribution in [0.3, 0.4) is 0 Å². The van der Waals surface area contributed by atoms with E-state index in [1.165, 1.54) is 19.4 Å². The molecular weight excluding hydrogens is 309 g/mol. The molecular formula is C13H8Cl3NO2. The second kappa shape index (κ2) is 5.78. The number of esters is 1. The first-order chi connectivity index (χ1) is 9.02. The van der Waals surface area contributed by atoms with Crippen LogP contribution in [0.5, 0.6) is 0 Å². The molecule has 0 N–H and O–H groups in total. The smallest absolute Gasteiger partial charge is 0.340 e. The molecule has 0 fully saturated rings. The van der Waals surface area contributed by atoms with E-state index in [1.807, 2.05) is 0 Å². The summed E-state index contributed by atoms with van der Waals surface area (Å²) >= 11 is 17.7.